The van der Waals surface area contributed by atoms with Crippen molar-refractivity contribution in [1.82, 2.24) is 10.2 Å². The summed E-state index contributed by atoms with van der Waals surface area (Å²) in [6.45, 7) is 5.62. The van der Waals surface area contributed by atoms with Gasteiger partial charge >= 0.3 is 5.97 Å². The second kappa shape index (κ2) is 7.04. The molecule has 114 valence electrons. The van der Waals surface area contributed by atoms with Gasteiger partial charge in [0, 0.05) is 19.0 Å². The minimum absolute atomic E-state index is 0.0465. The maximum absolute atomic E-state index is 12.3. The third kappa shape index (κ3) is 3.93. The van der Waals surface area contributed by atoms with Gasteiger partial charge in [0.25, 0.3) is 0 Å². The molecule has 1 atom stereocenters. The molecule has 0 aromatic heterocycles. The summed E-state index contributed by atoms with van der Waals surface area (Å²) in [5, 5.41) is 11.8. The molecule has 2 rings (SSSR count). The lowest BCUT2D eigenvalue weighted by molar-refractivity contribution is -0.140. The van der Waals surface area contributed by atoms with E-state index in [0.29, 0.717) is 5.92 Å². The highest BCUT2D eigenvalue weighted by Gasteiger charge is 2.33. The molecule has 0 aromatic rings. The highest BCUT2D eigenvalue weighted by molar-refractivity contribution is 5.79. The Labute approximate surface area is 119 Å². The molecule has 2 aliphatic heterocycles. The van der Waals surface area contributed by atoms with Gasteiger partial charge in [-0.1, -0.05) is 6.92 Å². The van der Waals surface area contributed by atoms with Gasteiger partial charge < -0.3 is 20.1 Å². The summed E-state index contributed by atoms with van der Waals surface area (Å²) in [7, 11) is 0. The van der Waals surface area contributed by atoms with Crippen LogP contribution in [0.15, 0.2) is 0 Å². The molecule has 2 saturated heterocycles. The summed E-state index contributed by atoms with van der Waals surface area (Å²) in [5.41, 5.74) is 0. The predicted octanol–water partition coefficient (Wildman–Crippen LogP) is 0.324. The van der Waals surface area contributed by atoms with E-state index >= 15 is 0 Å². The van der Waals surface area contributed by atoms with Gasteiger partial charge in [0.15, 0.2) is 0 Å². The average Bonchev–Trinajstić information content (AvgIpc) is 2.36. The van der Waals surface area contributed by atoms with Crippen LogP contribution in [0.4, 0.5) is 0 Å². The lowest BCUT2D eigenvalue weighted by Crippen LogP contribution is -2.52. The Morgan fingerprint density at radius 1 is 1.35 bits per heavy atom. The van der Waals surface area contributed by atoms with Crippen molar-refractivity contribution in [2.75, 3.05) is 32.8 Å². The minimum Gasteiger partial charge on any atom is -0.481 e. The predicted molar refractivity (Wildman–Crippen MR) is 73.3 cm³/mol. The normalized spacial score (nSPS) is 22.4. The Bertz CT molecular complexity index is 349. The zero-order valence-electron chi connectivity index (χ0n) is 12.0. The standard InChI is InChI=1S/C14H24N2O4/c1-10(11-8-15-9-11)14(19)16-5-2-12(3-6-16)20-7-4-13(17)18/h10-12,15H,2-9H2,1H3,(H,17,18). The van der Waals surface area contributed by atoms with Crippen LogP contribution in [0, 0.1) is 11.8 Å². The Morgan fingerprint density at radius 2 is 2.00 bits per heavy atom. The first kappa shape index (κ1) is 15.3. The molecule has 6 heteroatoms. The molecular formula is C14H24N2O4. The van der Waals surface area contributed by atoms with Crippen LogP contribution in [0.2, 0.25) is 0 Å². The fourth-order valence-corrected chi connectivity index (χ4v) is 2.71. The molecule has 2 heterocycles. The highest BCUT2D eigenvalue weighted by atomic mass is 16.5. The quantitative estimate of drug-likeness (QED) is 0.734. The number of aliphatic carboxylic acids is 1. The molecule has 2 fully saturated rings. The van der Waals surface area contributed by atoms with Gasteiger partial charge in [-0.3, -0.25) is 9.59 Å². The van der Waals surface area contributed by atoms with E-state index in [1.807, 2.05) is 11.8 Å². The number of hydrogen-bond acceptors (Lipinski definition) is 4. The molecule has 1 unspecified atom stereocenters. The van der Waals surface area contributed by atoms with Crippen molar-refractivity contribution in [1.29, 1.82) is 0 Å². The lowest BCUT2D eigenvalue weighted by atomic mass is 9.87. The molecule has 6 nitrogen and oxygen atoms in total. The van der Waals surface area contributed by atoms with E-state index in [1.54, 1.807) is 0 Å². The number of carboxylic acids is 1. The number of carbonyl (C=O) groups is 2. The number of ether oxygens (including phenoxy) is 1. The summed E-state index contributed by atoms with van der Waals surface area (Å²) >= 11 is 0. The van der Waals surface area contributed by atoms with Gasteiger partial charge in [-0.15, -0.1) is 0 Å². The summed E-state index contributed by atoms with van der Waals surface area (Å²) < 4.78 is 5.53. The number of rotatable bonds is 6. The first-order chi connectivity index (χ1) is 9.58. The van der Waals surface area contributed by atoms with Crippen molar-refractivity contribution >= 4 is 11.9 Å². The number of hydrogen-bond donors (Lipinski definition) is 2. The fourth-order valence-electron chi connectivity index (χ4n) is 2.71. The van der Waals surface area contributed by atoms with Crippen LogP contribution in [0.1, 0.15) is 26.2 Å². The topological polar surface area (TPSA) is 78.9 Å². The van der Waals surface area contributed by atoms with Crippen molar-refractivity contribution in [3.05, 3.63) is 0 Å². The molecule has 0 aliphatic carbocycles. The Hall–Kier alpha value is -1.14. The first-order valence-electron chi connectivity index (χ1n) is 7.41. The van der Waals surface area contributed by atoms with E-state index in [1.165, 1.54) is 0 Å². The lowest BCUT2D eigenvalue weighted by Gasteiger charge is -2.38. The second-order valence-electron chi connectivity index (χ2n) is 5.75. The molecule has 0 radical (unpaired) electrons. The summed E-state index contributed by atoms with van der Waals surface area (Å²) in [6.07, 6.45) is 1.76. The smallest absolute Gasteiger partial charge is 0.305 e. The number of likely N-dealkylation sites (tertiary alicyclic amines) is 1. The molecule has 2 N–H and O–H groups in total. The van der Waals surface area contributed by atoms with Crippen LogP contribution in [0.25, 0.3) is 0 Å². The Morgan fingerprint density at radius 3 is 2.50 bits per heavy atom. The number of nitrogens with zero attached hydrogens (tertiary/aromatic N) is 1. The molecule has 0 bridgehead atoms. The number of nitrogens with one attached hydrogen (secondary N) is 1. The van der Waals surface area contributed by atoms with E-state index in [4.69, 9.17) is 9.84 Å². The summed E-state index contributed by atoms with van der Waals surface area (Å²) in [6, 6.07) is 0. The van der Waals surface area contributed by atoms with Gasteiger partial charge in [0.05, 0.1) is 19.1 Å². The second-order valence-corrected chi connectivity index (χ2v) is 5.75. The SMILES string of the molecule is CC(C(=O)N1CCC(OCCC(=O)O)CC1)C1CNC1. The van der Waals surface area contributed by atoms with E-state index in [9.17, 15) is 9.59 Å². The Balaban J connectivity index is 1.67. The van der Waals surface area contributed by atoms with Crippen molar-refractivity contribution < 1.29 is 19.4 Å². The van der Waals surface area contributed by atoms with Gasteiger partial charge in [-0.25, -0.2) is 0 Å². The molecule has 0 spiro atoms. The van der Waals surface area contributed by atoms with Crippen LogP contribution < -0.4 is 5.32 Å². The molecule has 2 aliphatic rings. The van der Waals surface area contributed by atoms with Crippen LogP contribution in [-0.2, 0) is 14.3 Å². The van der Waals surface area contributed by atoms with Crippen LogP contribution in [0.5, 0.6) is 0 Å². The van der Waals surface area contributed by atoms with Crippen molar-refractivity contribution in [3.8, 4) is 0 Å². The van der Waals surface area contributed by atoms with Gasteiger partial charge in [0.2, 0.25) is 5.91 Å². The van der Waals surface area contributed by atoms with Crippen LogP contribution in [-0.4, -0.2) is 60.8 Å². The van der Waals surface area contributed by atoms with Crippen LogP contribution >= 0.6 is 0 Å². The van der Waals surface area contributed by atoms with Crippen molar-refractivity contribution in [3.63, 3.8) is 0 Å². The van der Waals surface area contributed by atoms with Crippen molar-refractivity contribution in [2.24, 2.45) is 11.8 Å². The Kier molecular flexibility index (Phi) is 5.37. The summed E-state index contributed by atoms with van der Waals surface area (Å²) in [5.74, 6) is -0.00574. The van der Waals surface area contributed by atoms with E-state index in [2.05, 4.69) is 5.32 Å². The zero-order chi connectivity index (χ0) is 14.5. The number of piperidine rings is 1. The van der Waals surface area contributed by atoms with E-state index in [0.717, 1.165) is 39.0 Å². The van der Waals surface area contributed by atoms with Gasteiger partial charge in [0.1, 0.15) is 0 Å². The third-order valence-corrected chi connectivity index (χ3v) is 4.33. The number of carboxylic acid groups (broad SMARTS) is 1. The number of carbonyl (C=O) groups excluding carboxylic acids is 1. The average molecular weight is 284 g/mol. The van der Waals surface area contributed by atoms with Crippen LogP contribution in [0.3, 0.4) is 0 Å². The summed E-state index contributed by atoms with van der Waals surface area (Å²) in [4.78, 5) is 24.7. The highest BCUT2D eigenvalue weighted by Crippen LogP contribution is 2.21. The maximum Gasteiger partial charge on any atom is 0.305 e. The van der Waals surface area contributed by atoms with Crippen molar-refractivity contribution in [2.45, 2.75) is 32.3 Å². The zero-order valence-corrected chi connectivity index (χ0v) is 12.0. The van der Waals surface area contributed by atoms with Gasteiger partial charge in [-0.05, 0) is 31.8 Å². The minimum atomic E-state index is -0.833. The molecule has 0 saturated carbocycles. The first-order valence-corrected chi connectivity index (χ1v) is 7.41. The third-order valence-electron chi connectivity index (χ3n) is 4.33. The molecular weight excluding hydrogens is 260 g/mol. The van der Waals surface area contributed by atoms with E-state index < -0.39 is 5.97 Å². The molecule has 0 aromatic carbocycles. The maximum atomic E-state index is 12.3. The number of amides is 1. The molecule has 1 amide bonds. The van der Waals surface area contributed by atoms with E-state index in [-0.39, 0.29) is 31.0 Å². The fraction of sp³-hybridized carbons (Fsp3) is 0.857. The molecule has 20 heavy (non-hydrogen) atoms. The monoisotopic (exact) mass is 284 g/mol. The largest absolute Gasteiger partial charge is 0.481 e. The van der Waals surface area contributed by atoms with Gasteiger partial charge in [-0.2, -0.15) is 0 Å².